The van der Waals surface area contributed by atoms with E-state index in [-0.39, 0.29) is 0 Å². The molecule has 1 aromatic carbocycles. The number of nitrogens with two attached hydrogens (primary N) is 1. The standard InChI is InChI=1S/C13H20N2/c1-2-6-13(15-14)12-9-11(12)10-7-4-3-5-8-10/h3-5,7-8,11-13,15H,2,6,9,14H2,1H3. The highest BCUT2D eigenvalue weighted by molar-refractivity contribution is 5.26. The molecule has 1 aromatic rings. The van der Waals surface area contributed by atoms with Crippen LogP contribution >= 0.6 is 0 Å². The molecule has 0 aromatic heterocycles. The van der Waals surface area contributed by atoms with E-state index in [2.05, 4.69) is 42.7 Å². The van der Waals surface area contributed by atoms with Gasteiger partial charge in [-0.15, -0.1) is 0 Å². The molecular formula is C13H20N2. The third-order valence-electron chi connectivity index (χ3n) is 3.40. The van der Waals surface area contributed by atoms with Gasteiger partial charge in [0, 0.05) is 6.04 Å². The Kier molecular flexibility index (Phi) is 3.39. The van der Waals surface area contributed by atoms with Crippen LogP contribution in [-0.4, -0.2) is 6.04 Å². The third-order valence-corrected chi connectivity index (χ3v) is 3.40. The minimum absolute atomic E-state index is 0.500. The molecule has 3 atom stereocenters. The van der Waals surface area contributed by atoms with Gasteiger partial charge in [0.05, 0.1) is 0 Å². The lowest BCUT2D eigenvalue weighted by molar-refractivity contribution is 0.434. The van der Waals surface area contributed by atoms with Gasteiger partial charge in [-0.2, -0.15) is 0 Å². The fourth-order valence-corrected chi connectivity index (χ4v) is 2.47. The minimum atomic E-state index is 0.500. The molecule has 1 fully saturated rings. The number of rotatable bonds is 5. The maximum atomic E-state index is 5.59. The average molecular weight is 204 g/mol. The van der Waals surface area contributed by atoms with Gasteiger partial charge in [-0.3, -0.25) is 11.3 Å². The van der Waals surface area contributed by atoms with Crippen molar-refractivity contribution in [1.29, 1.82) is 0 Å². The molecule has 0 bridgehead atoms. The molecule has 2 rings (SSSR count). The van der Waals surface area contributed by atoms with Gasteiger partial charge in [-0.1, -0.05) is 43.7 Å². The summed E-state index contributed by atoms with van der Waals surface area (Å²) in [7, 11) is 0. The Morgan fingerprint density at radius 3 is 2.73 bits per heavy atom. The molecule has 1 saturated carbocycles. The number of hydrogen-bond acceptors (Lipinski definition) is 2. The first-order valence-corrected chi connectivity index (χ1v) is 5.88. The van der Waals surface area contributed by atoms with E-state index in [1.54, 1.807) is 0 Å². The molecule has 0 saturated heterocycles. The molecule has 0 aliphatic heterocycles. The predicted octanol–water partition coefficient (Wildman–Crippen LogP) is 2.42. The number of hydrazine groups is 1. The Morgan fingerprint density at radius 2 is 2.13 bits per heavy atom. The lowest BCUT2D eigenvalue weighted by Crippen LogP contribution is -2.37. The number of hydrogen-bond donors (Lipinski definition) is 2. The lowest BCUT2D eigenvalue weighted by atomic mass is 10.0. The van der Waals surface area contributed by atoms with Gasteiger partial charge >= 0.3 is 0 Å². The molecule has 2 nitrogen and oxygen atoms in total. The van der Waals surface area contributed by atoms with E-state index < -0.39 is 0 Å². The van der Waals surface area contributed by atoms with E-state index in [0.717, 1.165) is 11.8 Å². The van der Waals surface area contributed by atoms with Crippen molar-refractivity contribution in [2.24, 2.45) is 11.8 Å². The lowest BCUT2D eigenvalue weighted by Gasteiger charge is -2.14. The van der Waals surface area contributed by atoms with Gasteiger partial charge in [0.1, 0.15) is 0 Å². The molecule has 0 spiro atoms. The zero-order valence-corrected chi connectivity index (χ0v) is 9.32. The van der Waals surface area contributed by atoms with Crippen LogP contribution in [0.3, 0.4) is 0 Å². The van der Waals surface area contributed by atoms with Crippen LogP contribution in [0.25, 0.3) is 0 Å². The van der Waals surface area contributed by atoms with E-state index in [9.17, 15) is 0 Å². The first-order chi connectivity index (χ1) is 7.36. The number of nitrogens with one attached hydrogen (secondary N) is 1. The summed E-state index contributed by atoms with van der Waals surface area (Å²) in [6, 6.07) is 11.3. The van der Waals surface area contributed by atoms with Gasteiger partial charge < -0.3 is 0 Å². The quantitative estimate of drug-likeness (QED) is 0.571. The van der Waals surface area contributed by atoms with E-state index in [1.165, 1.54) is 24.8 Å². The number of benzene rings is 1. The summed E-state index contributed by atoms with van der Waals surface area (Å²) >= 11 is 0. The zero-order chi connectivity index (χ0) is 10.7. The monoisotopic (exact) mass is 204 g/mol. The fraction of sp³-hybridized carbons (Fsp3) is 0.538. The smallest absolute Gasteiger partial charge is 0.0244 e. The molecule has 82 valence electrons. The summed E-state index contributed by atoms with van der Waals surface area (Å²) in [6.07, 6.45) is 3.68. The molecule has 1 aliphatic rings. The first kappa shape index (κ1) is 10.7. The average Bonchev–Trinajstić information content (AvgIpc) is 3.07. The van der Waals surface area contributed by atoms with Gasteiger partial charge in [-0.05, 0) is 30.2 Å². The van der Waals surface area contributed by atoms with Crippen LogP contribution in [0, 0.1) is 5.92 Å². The zero-order valence-electron chi connectivity index (χ0n) is 9.32. The third kappa shape index (κ3) is 2.39. The predicted molar refractivity (Wildman–Crippen MR) is 63.3 cm³/mol. The van der Waals surface area contributed by atoms with Crippen molar-refractivity contribution in [3.8, 4) is 0 Å². The second-order valence-corrected chi connectivity index (χ2v) is 4.48. The van der Waals surface area contributed by atoms with Crippen LogP contribution in [0.4, 0.5) is 0 Å². The first-order valence-electron chi connectivity index (χ1n) is 5.88. The van der Waals surface area contributed by atoms with Crippen molar-refractivity contribution in [2.45, 2.75) is 38.1 Å². The molecule has 2 heteroatoms. The molecule has 3 unspecified atom stereocenters. The SMILES string of the molecule is CCCC(NN)C1CC1c1ccccc1. The van der Waals surface area contributed by atoms with Crippen molar-refractivity contribution in [3.05, 3.63) is 35.9 Å². The normalized spacial score (nSPS) is 26.3. The molecule has 3 N–H and O–H groups in total. The second kappa shape index (κ2) is 4.77. The van der Waals surface area contributed by atoms with Gasteiger partial charge in [0.2, 0.25) is 0 Å². The van der Waals surface area contributed by atoms with Crippen LogP contribution in [0.5, 0.6) is 0 Å². The van der Waals surface area contributed by atoms with Gasteiger partial charge in [0.15, 0.2) is 0 Å². The highest BCUT2D eigenvalue weighted by Crippen LogP contribution is 2.50. The van der Waals surface area contributed by atoms with Crippen molar-refractivity contribution < 1.29 is 0 Å². The van der Waals surface area contributed by atoms with Gasteiger partial charge in [-0.25, -0.2) is 0 Å². The fourth-order valence-electron chi connectivity index (χ4n) is 2.47. The summed E-state index contributed by atoms with van der Waals surface area (Å²) in [5.41, 5.74) is 4.44. The van der Waals surface area contributed by atoms with Crippen LogP contribution in [-0.2, 0) is 0 Å². The largest absolute Gasteiger partial charge is 0.271 e. The van der Waals surface area contributed by atoms with Crippen LogP contribution < -0.4 is 11.3 Å². The minimum Gasteiger partial charge on any atom is -0.271 e. The van der Waals surface area contributed by atoms with Crippen LogP contribution in [0.15, 0.2) is 30.3 Å². The summed E-state index contributed by atoms with van der Waals surface area (Å²) in [5.74, 6) is 7.07. The molecular weight excluding hydrogens is 184 g/mol. The Morgan fingerprint density at radius 1 is 1.40 bits per heavy atom. The van der Waals surface area contributed by atoms with Crippen molar-refractivity contribution in [1.82, 2.24) is 5.43 Å². The summed E-state index contributed by atoms with van der Waals surface area (Å²) in [4.78, 5) is 0. The van der Waals surface area contributed by atoms with Crippen molar-refractivity contribution in [2.75, 3.05) is 0 Å². The maximum absolute atomic E-state index is 5.59. The Bertz CT molecular complexity index is 297. The Labute approximate surface area is 91.8 Å². The molecule has 1 aliphatic carbocycles. The highest BCUT2D eigenvalue weighted by atomic mass is 15.2. The molecule has 0 heterocycles. The van der Waals surface area contributed by atoms with Crippen molar-refractivity contribution >= 4 is 0 Å². The Balaban J connectivity index is 1.95. The van der Waals surface area contributed by atoms with E-state index in [1.807, 2.05) is 0 Å². The Hall–Kier alpha value is -0.860. The summed E-state index contributed by atoms with van der Waals surface area (Å²) in [6.45, 7) is 2.21. The maximum Gasteiger partial charge on any atom is 0.0244 e. The summed E-state index contributed by atoms with van der Waals surface area (Å²) in [5, 5.41) is 0. The van der Waals surface area contributed by atoms with Gasteiger partial charge in [0.25, 0.3) is 0 Å². The van der Waals surface area contributed by atoms with E-state index in [0.29, 0.717) is 6.04 Å². The van der Waals surface area contributed by atoms with E-state index >= 15 is 0 Å². The second-order valence-electron chi connectivity index (χ2n) is 4.48. The van der Waals surface area contributed by atoms with Crippen LogP contribution in [0.1, 0.15) is 37.7 Å². The summed E-state index contributed by atoms with van der Waals surface area (Å²) < 4.78 is 0. The molecule has 15 heavy (non-hydrogen) atoms. The van der Waals surface area contributed by atoms with E-state index in [4.69, 9.17) is 5.84 Å². The highest BCUT2D eigenvalue weighted by Gasteiger charge is 2.42. The topological polar surface area (TPSA) is 38.0 Å². The van der Waals surface area contributed by atoms with Crippen LogP contribution in [0.2, 0.25) is 0 Å². The van der Waals surface area contributed by atoms with Crippen molar-refractivity contribution in [3.63, 3.8) is 0 Å². The molecule has 0 amide bonds. The molecule has 0 radical (unpaired) electrons.